The van der Waals surface area contributed by atoms with Crippen molar-refractivity contribution in [2.75, 3.05) is 13.7 Å². The first kappa shape index (κ1) is 18.3. The van der Waals surface area contributed by atoms with Crippen molar-refractivity contribution in [2.45, 2.75) is 57.8 Å². The van der Waals surface area contributed by atoms with Crippen LogP contribution in [0.4, 0.5) is 4.79 Å². The molecule has 0 bridgehead atoms. The molecule has 0 aromatic rings. The molecule has 3 nitrogen and oxygen atoms in total. The fourth-order valence-electron chi connectivity index (χ4n) is 6.69. The first-order valence-electron chi connectivity index (χ1n) is 11.4. The molecule has 5 aliphatic rings. The van der Waals surface area contributed by atoms with Crippen molar-refractivity contribution in [3.8, 4) is 0 Å². The van der Waals surface area contributed by atoms with Gasteiger partial charge in [0.15, 0.2) is 0 Å². The molecule has 3 heteroatoms. The number of ether oxygens (including phenoxy) is 1. The predicted molar refractivity (Wildman–Crippen MR) is 112 cm³/mol. The van der Waals surface area contributed by atoms with Crippen molar-refractivity contribution in [3.63, 3.8) is 0 Å². The Hall–Kier alpha value is -1.77. The number of fused-ring (bicyclic) bond motifs is 5. The molecule has 0 heterocycles. The Morgan fingerprint density at radius 3 is 2.54 bits per heavy atom. The average molecular weight is 380 g/mol. The third kappa shape index (κ3) is 3.17. The van der Waals surface area contributed by atoms with Crippen LogP contribution < -0.4 is 5.32 Å². The van der Waals surface area contributed by atoms with Gasteiger partial charge in [0, 0.05) is 7.05 Å². The molecule has 1 fully saturated rings. The summed E-state index contributed by atoms with van der Waals surface area (Å²) in [5.74, 6) is 3.54. The van der Waals surface area contributed by atoms with Crippen molar-refractivity contribution in [1.82, 2.24) is 5.32 Å². The predicted octanol–water partition coefficient (Wildman–Crippen LogP) is 5.71. The van der Waals surface area contributed by atoms with Gasteiger partial charge in [-0.3, -0.25) is 0 Å². The van der Waals surface area contributed by atoms with E-state index in [1.54, 1.807) is 29.3 Å². The molecule has 0 radical (unpaired) electrons. The zero-order valence-electron chi connectivity index (χ0n) is 17.1. The maximum absolute atomic E-state index is 11.5. The van der Waals surface area contributed by atoms with Gasteiger partial charge in [-0.2, -0.15) is 0 Å². The van der Waals surface area contributed by atoms with Gasteiger partial charge in [-0.15, -0.1) is 0 Å². The normalized spacial score (nSPS) is 36.2. The molecule has 150 valence electrons. The number of allylic oxidation sites excluding steroid dienone is 8. The van der Waals surface area contributed by atoms with Crippen LogP contribution in [-0.2, 0) is 4.74 Å². The SMILES string of the molecule is CNC(=O)OCC1CCC2CCC3C(=C2C1)C=CC1=C2C=CCCC2CCC13. The van der Waals surface area contributed by atoms with Gasteiger partial charge in [-0.25, -0.2) is 4.79 Å². The van der Waals surface area contributed by atoms with E-state index in [4.69, 9.17) is 4.74 Å². The van der Waals surface area contributed by atoms with Gasteiger partial charge in [0.1, 0.15) is 0 Å². The summed E-state index contributed by atoms with van der Waals surface area (Å²) in [5.41, 5.74) is 6.68. The standard InChI is InChI=1S/C25H33NO2/c1-26-25(27)28-15-16-6-7-18-9-11-22-21-10-8-17-4-2-3-5-19(17)20(21)12-13-23(22)24(18)14-16/h3,5,12-13,16-18,21-22H,2,4,6-11,14-15H2,1H3,(H,26,27). The highest BCUT2D eigenvalue weighted by atomic mass is 16.5. The molecule has 28 heavy (non-hydrogen) atoms. The second-order valence-electron chi connectivity index (χ2n) is 9.46. The van der Waals surface area contributed by atoms with Gasteiger partial charge in [-0.05, 0) is 104 Å². The summed E-state index contributed by atoms with van der Waals surface area (Å²) in [5, 5.41) is 2.57. The van der Waals surface area contributed by atoms with Crippen LogP contribution in [0, 0.1) is 29.6 Å². The maximum Gasteiger partial charge on any atom is 0.406 e. The molecule has 0 aliphatic heterocycles. The second-order valence-corrected chi connectivity index (χ2v) is 9.46. The monoisotopic (exact) mass is 379 g/mol. The Balaban J connectivity index is 1.42. The van der Waals surface area contributed by atoms with E-state index in [1.807, 2.05) is 0 Å². The molecule has 0 aromatic carbocycles. The summed E-state index contributed by atoms with van der Waals surface area (Å²) in [6, 6.07) is 0. The van der Waals surface area contributed by atoms with Crippen LogP contribution >= 0.6 is 0 Å². The molecular formula is C25H33NO2. The molecule has 0 saturated heterocycles. The largest absolute Gasteiger partial charge is 0.449 e. The number of nitrogens with one attached hydrogen (secondary N) is 1. The van der Waals surface area contributed by atoms with Crippen molar-refractivity contribution in [1.29, 1.82) is 0 Å². The van der Waals surface area contributed by atoms with E-state index in [1.165, 1.54) is 51.4 Å². The summed E-state index contributed by atoms with van der Waals surface area (Å²) in [6.07, 6.45) is 21.2. The topological polar surface area (TPSA) is 38.3 Å². The molecule has 5 unspecified atom stereocenters. The minimum Gasteiger partial charge on any atom is -0.449 e. The van der Waals surface area contributed by atoms with Gasteiger partial charge in [0.25, 0.3) is 0 Å². The van der Waals surface area contributed by atoms with Crippen LogP contribution in [0.3, 0.4) is 0 Å². The number of hydrogen-bond donors (Lipinski definition) is 1. The number of carbonyl (C=O) groups is 1. The van der Waals surface area contributed by atoms with Crippen LogP contribution in [0.25, 0.3) is 0 Å². The highest BCUT2D eigenvalue weighted by Gasteiger charge is 2.41. The molecular weight excluding hydrogens is 346 g/mol. The summed E-state index contributed by atoms with van der Waals surface area (Å²) in [4.78, 5) is 11.5. The van der Waals surface area contributed by atoms with Crippen LogP contribution in [0.5, 0.6) is 0 Å². The van der Waals surface area contributed by atoms with Crippen LogP contribution in [0.2, 0.25) is 0 Å². The smallest absolute Gasteiger partial charge is 0.406 e. The fourth-order valence-corrected chi connectivity index (χ4v) is 6.69. The molecule has 0 aromatic heterocycles. The minimum absolute atomic E-state index is 0.299. The first-order valence-corrected chi connectivity index (χ1v) is 11.4. The average Bonchev–Trinajstić information content (AvgIpc) is 2.76. The Labute approximate surface area is 169 Å². The van der Waals surface area contributed by atoms with Gasteiger partial charge >= 0.3 is 6.09 Å². The van der Waals surface area contributed by atoms with Gasteiger partial charge < -0.3 is 10.1 Å². The van der Waals surface area contributed by atoms with Crippen LogP contribution in [-0.4, -0.2) is 19.7 Å². The van der Waals surface area contributed by atoms with Crippen molar-refractivity contribution in [2.24, 2.45) is 29.6 Å². The van der Waals surface area contributed by atoms with Crippen LogP contribution in [0.15, 0.2) is 46.6 Å². The molecule has 5 aliphatic carbocycles. The Kier molecular flexibility index (Phi) is 4.94. The lowest BCUT2D eigenvalue weighted by Gasteiger charge is -2.46. The van der Waals surface area contributed by atoms with Crippen LogP contribution in [0.1, 0.15) is 57.8 Å². The lowest BCUT2D eigenvalue weighted by molar-refractivity contribution is 0.117. The molecule has 5 rings (SSSR count). The number of carbonyl (C=O) groups excluding carboxylic acids is 1. The van der Waals surface area contributed by atoms with E-state index in [0.29, 0.717) is 12.5 Å². The molecule has 1 saturated carbocycles. The number of hydrogen-bond acceptors (Lipinski definition) is 2. The van der Waals surface area contributed by atoms with E-state index in [-0.39, 0.29) is 6.09 Å². The minimum atomic E-state index is -0.299. The zero-order valence-corrected chi connectivity index (χ0v) is 17.1. The van der Waals surface area contributed by atoms with E-state index >= 15 is 0 Å². The number of rotatable bonds is 2. The molecule has 0 spiro atoms. The second kappa shape index (κ2) is 7.57. The van der Waals surface area contributed by atoms with Crippen molar-refractivity contribution in [3.05, 3.63) is 46.6 Å². The third-order valence-electron chi connectivity index (χ3n) is 8.08. The van der Waals surface area contributed by atoms with E-state index in [2.05, 4.69) is 29.6 Å². The molecule has 5 atom stereocenters. The van der Waals surface area contributed by atoms with E-state index in [0.717, 1.165) is 30.1 Å². The lowest BCUT2D eigenvalue weighted by atomic mass is 9.59. The number of alkyl carbamates (subject to hydrolysis) is 1. The zero-order chi connectivity index (χ0) is 19.1. The molecule has 1 N–H and O–H groups in total. The highest BCUT2D eigenvalue weighted by Crippen LogP contribution is 2.53. The molecule has 1 amide bonds. The fraction of sp³-hybridized carbons (Fsp3) is 0.640. The van der Waals surface area contributed by atoms with Crippen molar-refractivity contribution >= 4 is 6.09 Å². The summed E-state index contributed by atoms with van der Waals surface area (Å²) in [6.45, 7) is 0.558. The van der Waals surface area contributed by atoms with Gasteiger partial charge in [0.05, 0.1) is 6.61 Å². The maximum atomic E-state index is 11.5. The first-order chi connectivity index (χ1) is 13.7. The van der Waals surface area contributed by atoms with Gasteiger partial charge in [0.2, 0.25) is 0 Å². The highest BCUT2D eigenvalue weighted by molar-refractivity contribution is 5.66. The Morgan fingerprint density at radius 1 is 0.929 bits per heavy atom. The lowest BCUT2D eigenvalue weighted by Crippen LogP contribution is -2.34. The Morgan fingerprint density at radius 2 is 1.68 bits per heavy atom. The van der Waals surface area contributed by atoms with Gasteiger partial charge in [-0.1, -0.05) is 29.9 Å². The Bertz CT molecular complexity index is 771. The summed E-state index contributed by atoms with van der Waals surface area (Å²) < 4.78 is 5.39. The quantitative estimate of drug-likeness (QED) is 0.667. The summed E-state index contributed by atoms with van der Waals surface area (Å²) >= 11 is 0. The summed E-state index contributed by atoms with van der Waals surface area (Å²) in [7, 11) is 1.63. The number of amides is 1. The van der Waals surface area contributed by atoms with E-state index in [9.17, 15) is 4.79 Å². The van der Waals surface area contributed by atoms with E-state index < -0.39 is 0 Å². The third-order valence-corrected chi connectivity index (χ3v) is 8.08. The van der Waals surface area contributed by atoms with Crippen molar-refractivity contribution < 1.29 is 9.53 Å².